The van der Waals surface area contributed by atoms with Gasteiger partial charge in [0.15, 0.2) is 0 Å². The third-order valence-electron chi connectivity index (χ3n) is 3.63. The number of benzene rings is 1. The van der Waals surface area contributed by atoms with Crippen molar-refractivity contribution in [1.82, 2.24) is 9.80 Å². The SMILES string of the molecule is CC(O)CN(C)C(=O)N1CCc2c(cccc2C(=O)O)C1. The number of hydrogen-bond donors (Lipinski definition) is 2. The summed E-state index contributed by atoms with van der Waals surface area (Å²) in [6, 6.07) is 5.01. The average Bonchev–Trinajstić information content (AvgIpc) is 2.44. The maximum atomic E-state index is 12.3. The Balaban J connectivity index is 2.15. The molecule has 0 aromatic heterocycles. The van der Waals surface area contributed by atoms with Crippen LogP contribution in [0, 0.1) is 0 Å². The number of urea groups is 1. The molecule has 21 heavy (non-hydrogen) atoms. The maximum Gasteiger partial charge on any atom is 0.335 e. The molecule has 1 aromatic carbocycles. The Hall–Kier alpha value is -2.08. The van der Waals surface area contributed by atoms with Gasteiger partial charge < -0.3 is 20.0 Å². The van der Waals surface area contributed by atoms with Gasteiger partial charge in [-0.05, 0) is 30.5 Å². The van der Waals surface area contributed by atoms with E-state index in [1.165, 1.54) is 4.90 Å². The van der Waals surface area contributed by atoms with Crippen molar-refractivity contribution in [1.29, 1.82) is 0 Å². The number of rotatable bonds is 3. The molecular weight excluding hydrogens is 272 g/mol. The van der Waals surface area contributed by atoms with Gasteiger partial charge in [0.2, 0.25) is 0 Å². The summed E-state index contributed by atoms with van der Waals surface area (Å²) in [5.41, 5.74) is 2.00. The van der Waals surface area contributed by atoms with Gasteiger partial charge in [-0.1, -0.05) is 12.1 Å². The first kappa shape index (κ1) is 15.3. The number of likely N-dealkylation sites (N-methyl/N-ethyl adjacent to an activating group) is 1. The molecule has 0 saturated carbocycles. The lowest BCUT2D eigenvalue weighted by Crippen LogP contribution is -2.45. The van der Waals surface area contributed by atoms with Crippen LogP contribution in [-0.4, -0.2) is 58.3 Å². The molecule has 0 spiro atoms. The second kappa shape index (κ2) is 6.13. The number of fused-ring (bicyclic) bond motifs is 1. The summed E-state index contributed by atoms with van der Waals surface area (Å²) in [5.74, 6) is -0.933. The van der Waals surface area contributed by atoms with E-state index in [9.17, 15) is 19.8 Å². The molecule has 0 radical (unpaired) electrons. The molecule has 0 fully saturated rings. The predicted molar refractivity (Wildman–Crippen MR) is 77.2 cm³/mol. The molecule has 114 valence electrons. The summed E-state index contributed by atoms with van der Waals surface area (Å²) in [6.45, 7) is 2.80. The minimum atomic E-state index is -0.933. The topological polar surface area (TPSA) is 81.1 Å². The van der Waals surface area contributed by atoms with Gasteiger partial charge in [0.1, 0.15) is 0 Å². The second-order valence-corrected chi connectivity index (χ2v) is 5.43. The molecule has 2 amide bonds. The van der Waals surface area contributed by atoms with Gasteiger partial charge in [-0.25, -0.2) is 9.59 Å². The van der Waals surface area contributed by atoms with E-state index in [4.69, 9.17) is 0 Å². The Kier molecular flexibility index (Phi) is 4.47. The molecule has 1 unspecified atom stereocenters. The predicted octanol–water partition coefficient (Wildman–Crippen LogP) is 1.18. The van der Waals surface area contributed by atoms with E-state index in [-0.39, 0.29) is 12.6 Å². The zero-order chi connectivity index (χ0) is 15.6. The molecule has 1 atom stereocenters. The Morgan fingerprint density at radius 3 is 2.76 bits per heavy atom. The third-order valence-corrected chi connectivity index (χ3v) is 3.63. The van der Waals surface area contributed by atoms with Crippen LogP contribution in [0.15, 0.2) is 18.2 Å². The number of nitrogens with zero attached hydrogens (tertiary/aromatic N) is 2. The van der Waals surface area contributed by atoms with E-state index in [2.05, 4.69) is 0 Å². The first-order valence-corrected chi connectivity index (χ1v) is 6.92. The maximum absolute atomic E-state index is 12.3. The molecule has 0 saturated heterocycles. The highest BCUT2D eigenvalue weighted by Crippen LogP contribution is 2.23. The molecule has 1 aliphatic heterocycles. The van der Waals surface area contributed by atoms with Gasteiger partial charge in [0, 0.05) is 26.7 Å². The van der Waals surface area contributed by atoms with Crippen LogP contribution in [0.1, 0.15) is 28.4 Å². The van der Waals surface area contributed by atoms with Crippen LogP contribution in [0.4, 0.5) is 4.79 Å². The largest absolute Gasteiger partial charge is 0.478 e. The van der Waals surface area contributed by atoms with E-state index >= 15 is 0 Å². The fourth-order valence-electron chi connectivity index (χ4n) is 2.69. The number of carbonyl (C=O) groups excluding carboxylic acids is 1. The first-order chi connectivity index (χ1) is 9.90. The van der Waals surface area contributed by atoms with Gasteiger partial charge >= 0.3 is 12.0 Å². The zero-order valence-corrected chi connectivity index (χ0v) is 12.2. The van der Waals surface area contributed by atoms with E-state index in [0.717, 1.165) is 11.1 Å². The number of aromatic carboxylic acids is 1. The van der Waals surface area contributed by atoms with Crippen molar-refractivity contribution in [2.45, 2.75) is 26.0 Å². The molecule has 1 aliphatic rings. The molecule has 0 bridgehead atoms. The quantitative estimate of drug-likeness (QED) is 0.876. The van der Waals surface area contributed by atoms with E-state index in [1.54, 1.807) is 31.0 Å². The molecular formula is C15H20N2O4. The minimum Gasteiger partial charge on any atom is -0.478 e. The molecule has 6 heteroatoms. The normalized spacial score (nSPS) is 15.3. The Bertz CT molecular complexity index is 557. The number of aliphatic hydroxyl groups excluding tert-OH is 1. The van der Waals surface area contributed by atoms with Crippen LogP contribution < -0.4 is 0 Å². The number of carbonyl (C=O) groups is 2. The minimum absolute atomic E-state index is 0.151. The van der Waals surface area contributed by atoms with Crippen LogP contribution >= 0.6 is 0 Å². The molecule has 2 N–H and O–H groups in total. The molecule has 0 aliphatic carbocycles. The fourth-order valence-corrected chi connectivity index (χ4v) is 2.69. The van der Waals surface area contributed by atoms with Crippen molar-refractivity contribution < 1.29 is 19.8 Å². The highest BCUT2D eigenvalue weighted by molar-refractivity contribution is 5.90. The molecule has 2 rings (SSSR count). The summed E-state index contributed by atoms with van der Waals surface area (Å²) in [5, 5.41) is 18.5. The number of carboxylic acid groups (broad SMARTS) is 1. The highest BCUT2D eigenvalue weighted by atomic mass is 16.4. The van der Waals surface area contributed by atoms with Crippen molar-refractivity contribution >= 4 is 12.0 Å². The Morgan fingerprint density at radius 1 is 1.43 bits per heavy atom. The average molecular weight is 292 g/mol. The lowest BCUT2D eigenvalue weighted by atomic mass is 9.94. The van der Waals surface area contributed by atoms with Crippen molar-refractivity contribution in [2.24, 2.45) is 0 Å². The summed E-state index contributed by atoms with van der Waals surface area (Å²) in [6.07, 6.45) is -0.0406. The number of hydrogen-bond acceptors (Lipinski definition) is 3. The summed E-state index contributed by atoms with van der Waals surface area (Å²) < 4.78 is 0. The van der Waals surface area contributed by atoms with Gasteiger partial charge in [-0.3, -0.25) is 0 Å². The molecule has 6 nitrogen and oxygen atoms in total. The van der Waals surface area contributed by atoms with Crippen LogP contribution in [-0.2, 0) is 13.0 Å². The smallest absolute Gasteiger partial charge is 0.335 e. The van der Waals surface area contributed by atoms with Crippen molar-refractivity contribution in [3.63, 3.8) is 0 Å². The van der Waals surface area contributed by atoms with Gasteiger partial charge in [0.25, 0.3) is 0 Å². The number of carboxylic acids is 1. The standard InChI is InChI=1S/C15H20N2O4/c1-10(18)8-16(2)15(21)17-7-6-12-11(9-17)4-3-5-13(12)14(19)20/h3-5,10,18H,6-9H2,1-2H3,(H,19,20). The van der Waals surface area contributed by atoms with Gasteiger partial charge in [-0.2, -0.15) is 0 Å². The van der Waals surface area contributed by atoms with Crippen molar-refractivity contribution in [3.8, 4) is 0 Å². The lowest BCUT2D eigenvalue weighted by Gasteiger charge is -2.33. The molecule has 1 heterocycles. The second-order valence-electron chi connectivity index (χ2n) is 5.43. The van der Waals surface area contributed by atoms with E-state index < -0.39 is 12.1 Å². The summed E-state index contributed by atoms with van der Waals surface area (Å²) in [7, 11) is 1.65. The van der Waals surface area contributed by atoms with E-state index in [0.29, 0.717) is 25.1 Å². The number of amides is 2. The monoisotopic (exact) mass is 292 g/mol. The molecule has 1 aromatic rings. The first-order valence-electron chi connectivity index (χ1n) is 6.92. The van der Waals surface area contributed by atoms with Crippen molar-refractivity contribution in [2.75, 3.05) is 20.1 Å². The zero-order valence-electron chi connectivity index (χ0n) is 12.2. The van der Waals surface area contributed by atoms with Crippen LogP contribution in [0.5, 0.6) is 0 Å². The van der Waals surface area contributed by atoms with E-state index in [1.807, 2.05) is 6.07 Å². The summed E-state index contributed by atoms with van der Waals surface area (Å²) in [4.78, 5) is 26.6. The fraction of sp³-hybridized carbons (Fsp3) is 0.467. The summed E-state index contributed by atoms with van der Waals surface area (Å²) >= 11 is 0. The third kappa shape index (κ3) is 3.33. The number of aliphatic hydroxyl groups is 1. The van der Waals surface area contributed by atoms with Crippen LogP contribution in [0.25, 0.3) is 0 Å². The van der Waals surface area contributed by atoms with Crippen LogP contribution in [0.3, 0.4) is 0 Å². The van der Waals surface area contributed by atoms with Crippen LogP contribution in [0.2, 0.25) is 0 Å². The van der Waals surface area contributed by atoms with Gasteiger partial charge in [0.05, 0.1) is 11.7 Å². The Labute approximate surface area is 123 Å². The lowest BCUT2D eigenvalue weighted by molar-refractivity contribution is 0.0694. The van der Waals surface area contributed by atoms with Crippen molar-refractivity contribution in [3.05, 3.63) is 34.9 Å². The Morgan fingerprint density at radius 2 is 2.14 bits per heavy atom. The van der Waals surface area contributed by atoms with Gasteiger partial charge in [-0.15, -0.1) is 0 Å². The highest BCUT2D eigenvalue weighted by Gasteiger charge is 2.26.